The monoisotopic (exact) mass is 449 g/mol. The lowest BCUT2D eigenvalue weighted by molar-refractivity contribution is -0.113. The number of anilines is 1. The predicted molar refractivity (Wildman–Crippen MR) is 123 cm³/mol. The van der Waals surface area contributed by atoms with Crippen LogP contribution in [0.2, 0.25) is 0 Å². The summed E-state index contributed by atoms with van der Waals surface area (Å²) >= 11 is 2.77. The third kappa shape index (κ3) is 4.24. The summed E-state index contributed by atoms with van der Waals surface area (Å²) < 4.78 is 2.78. The molecule has 0 saturated carbocycles. The van der Waals surface area contributed by atoms with E-state index in [9.17, 15) is 9.59 Å². The number of hydrogen-bond acceptors (Lipinski definition) is 7. The van der Waals surface area contributed by atoms with E-state index in [2.05, 4.69) is 20.3 Å². The number of nitrogens with one attached hydrogen (secondary N) is 1. The largest absolute Gasteiger partial charge is 0.349 e. The minimum atomic E-state index is -0.272. The summed E-state index contributed by atoms with van der Waals surface area (Å²) in [5, 5.41) is 4.11. The van der Waals surface area contributed by atoms with E-state index < -0.39 is 0 Å². The zero-order valence-corrected chi connectivity index (χ0v) is 18.2. The van der Waals surface area contributed by atoms with Gasteiger partial charge in [0.15, 0.2) is 5.13 Å². The number of nitrogens with zero attached hydrogens (tertiary/aromatic N) is 4. The van der Waals surface area contributed by atoms with Crippen LogP contribution in [-0.2, 0) is 24.2 Å². The van der Waals surface area contributed by atoms with E-state index in [1.165, 1.54) is 23.1 Å². The fourth-order valence-electron chi connectivity index (χ4n) is 3.75. The van der Waals surface area contributed by atoms with E-state index in [0.717, 1.165) is 46.3 Å². The lowest BCUT2D eigenvalue weighted by Gasteiger charge is -2.14. The first-order valence-electron chi connectivity index (χ1n) is 9.97. The maximum Gasteiger partial charge on any atom is 0.349 e. The normalized spacial score (nSPS) is 12.8. The number of para-hydroxylation sites is 1. The van der Waals surface area contributed by atoms with Crippen LogP contribution in [0.15, 0.2) is 58.6 Å². The van der Waals surface area contributed by atoms with Gasteiger partial charge in [0.05, 0.1) is 22.5 Å². The van der Waals surface area contributed by atoms with Crippen LogP contribution in [0.25, 0.3) is 10.2 Å². The van der Waals surface area contributed by atoms with Crippen molar-refractivity contribution in [2.75, 3.05) is 11.1 Å². The van der Waals surface area contributed by atoms with Gasteiger partial charge in [0, 0.05) is 23.7 Å². The standard InChI is InChI=1S/C22H19N5O2S2/c28-19(25-21-24-16-5-1-2-7-18(16)31-21)13-30-20-15-4-3-6-17(15)27(22(29)26-20)12-14-8-10-23-11-9-14/h1-2,5,7-11H,3-4,6,12-13H2,(H,24,25,28). The molecule has 0 saturated heterocycles. The molecule has 1 aliphatic carbocycles. The first kappa shape index (κ1) is 19.9. The van der Waals surface area contributed by atoms with Gasteiger partial charge in [-0.1, -0.05) is 35.2 Å². The number of aromatic nitrogens is 4. The van der Waals surface area contributed by atoms with E-state index in [4.69, 9.17) is 0 Å². The molecule has 3 aromatic heterocycles. The summed E-state index contributed by atoms with van der Waals surface area (Å²) in [6.45, 7) is 0.486. The molecule has 3 heterocycles. The number of thioether (sulfide) groups is 1. The van der Waals surface area contributed by atoms with Gasteiger partial charge in [-0.05, 0) is 49.1 Å². The number of pyridine rings is 1. The number of amides is 1. The Morgan fingerprint density at radius 1 is 1.13 bits per heavy atom. The molecule has 0 bridgehead atoms. The molecule has 4 aromatic rings. The molecule has 0 fully saturated rings. The molecule has 0 aliphatic heterocycles. The highest BCUT2D eigenvalue weighted by Crippen LogP contribution is 2.30. The van der Waals surface area contributed by atoms with Crippen molar-refractivity contribution in [1.29, 1.82) is 0 Å². The van der Waals surface area contributed by atoms with Gasteiger partial charge in [-0.25, -0.2) is 9.78 Å². The molecule has 0 unspecified atom stereocenters. The highest BCUT2D eigenvalue weighted by atomic mass is 32.2. The number of rotatable bonds is 6. The lowest BCUT2D eigenvalue weighted by atomic mass is 10.2. The summed E-state index contributed by atoms with van der Waals surface area (Å²) in [6.07, 6.45) is 6.16. The zero-order chi connectivity index (χ0) is 21.2. The molecule has 0 atom stereocenters. The maximum atomic E-state index is 12.8. The van der Waals surface area contributed by atoms with E-state index in [1.54, 1.807) is 17.0 Å². The topological polar surface area (TPSA) is 89.8 Å². The Bertz CT molecular complexity index is 1280. The summed E-state index contributed by atoms with van der Waals surface area (Å²) in [7, 11) is 0. The van der Waals surface area contributed by atoms with Crippen molar-refractivity contribution in [3.8, 4) is 0 Å². The Morgan fingerprint density at radius 3 is 2.81 bits per heavy atom. The van der Waals surface area contributed by atoms with E-state index in [0.29, 0.717) is 16.7 Å². The third-order valence-electron chi connectivity index (χ3n) is 5.17. The number of carbonyl (C=O) groups is 1. The first-order chi connectivity index (χ1) is 15.2. The van der Waals surface area contributed by atoms with Crippen molar-refractivity contribution in [3.05, 3.63) is 76.1 Å². The molecule has 156 valence electrons. The van der Waals surface area contributed by atoms with Gasteiger partial charge >= 0.3 is 5.69 Å². The molecule has 5 rings (SSSR count). The molecule has 1 N–H and O–H groups in total. The smallest absolute Gasteiger partial charge is 0.301 e. The Labute approximate surface area is 186 Å². The summed E-state index contributed by atoms with van der Waals surface area (Å²) in [4.78, 5) is 38.0. The van der Waals surface area contributed by atoms with Gasteiger partial charge < -0.3 is 5.32 Å². The second-order valence-corrected chi connectivity index (χ2v) is 9.24. The Morgan fingerprint density at radius 2 is 1.97 bits per heavy atom. The predicted octanol–water partition coefficient (Wildman–Crippen LogP) is 3.52. The van der Waals surface area contributed by atoms with Crippen LogP contribution in [0, 0.1) is 0 Å². The van der Waals surface area contributed by atoms with Gasteiger partial charge in [-0.15, -0.1) is 0 Å². The van der Waals surface area contributed by atoms with Crippen molar-refractivity contribution in [2.45, 2.75) is 30.8 Å². The van der Waals surface area contributed by atoms with Crippen molar-refractivity contribution in [3.63, 3.8) is 0 Å². The molecule has 0 radical (unpaired) electrons. The molecule has 0 spiro atoms. The minimum Gasteiger partial charge on any atom is -0.301 e. The Hall–Kier alpha value is -3.04. The second kappa shape index (κ2) is 8.60. The third-order valence-corrected chi connectivity index (χ3v) is 7.14. The van der Waals surface area contributed by atoms with Crippen molar-refractivity contribution >= 4 is 44.4 Å². The first-order valence-corrected chi connectivity index (χ1v) is 11.8. The Balaban J connectivity index is 1.31. The van der Waals surface area contributed by atoms with E-state index >= 15 is 0 Å². The van der Waals surface area contributed by atoms with Crippen LogP contribution in [0.3, 0.4) is 0 Å². The van der Waals surface area contributed by atoms with Gasteiger partial charge in [0.25, 0.3) is 0 Å². The number of hydrogen-bond donors (Lipinski definition) is 1. The van der Waals surface area contributed by atoms with Crippen LogP contribution in [-0.4, -0.2) is 31.2 Å². The molecular formula is C22H19N5O2S2. The molecule has 1 aliphatic rings. The van der Waals surface area contributed by atoms with Gasteiger partial charge in [0.2, 0.25) is 5.91 Å². The number of thiazole rings is 1. The van der Waals surface area contributed by atoms with Crippen molar-refractivity contribution < 1.29 is 4.79 Å². The molecule has 1 amide bonds. The number of benzene rings is 1. The van der Waals surface area contributed by atoms with Crippen molar-refractivity contribution in [2.24, 2.45) is 0 Å². The maximum absolute atomic E-state index is 12.8. The second-order valence-electron chi connectivity index (χ2n) is 7.24. The van der Waals surface area contributed by atoms with E-state index in [-0.39, 0.29) is 17.3 Å². The van der Waals surface area contributed by atoms with Crippen LogP contribution in [0.5, 0.6) is 0 Å². The van der Waals surface area contributed by atoms with Crippen LogP contribution < -0.4 is 11.0 Å². The SMILES string of the molecule is O=C(CSc1nc(=O)n(Cc2ccncc2)c2c1CCC2)Nc1nc2ccccc2s1. The van der Waals surface area contributed by atoms with Gasteiger partial charge in [-0.2, -0.15) is 4.98 Å². The highest BCUT2D eigenvalue weighted by Gasteiger charge is 2.22. The highest BCUT2D eigenvalue weighted by molar-refractivity contribution is 8.00. The Kier molecular flexibility index (Phi) is 5.52. The summed E-state index contributed by atoms with van der Waals surface area (Å²) in [5.41, 5.74) is 3.74. The number of fused-ring (bicyclic) bond motifs is 2. The lowest BCUT2D eigenvalue weighted by Crippen LogP contribution is -2.28. The fourth-order valence-corrected chi connectivity index (χ4v) is 5.51. The molecule has 31 heavy (non-hydrogen) atoms. The quantitative estimate of drug-likeness (QED) is 0.358. The summed E-state index contributed by atoms with van der Waals surface area (Å²) in [5.74, 6) is 0.0296. The van der Waals surface area contributed by atoms with Gasteiger partial charge in [0.1, 0.15) is 5.03 Å². The molecule has 7 nitrogen and oxygen atoms in total. The fraction of sp³-hybridized carbons (Fsp3) is 0.227. The average Bonchev–Trinajstić information content (AvgIpc) is 3.42. The average molecular weight is 450 g/mol. The van der Waals surface area contributed by atoms with Crippen molar-refractivity contribution in [1.82, 2.24) is 19.5 Å². The minimum absolute atomic E-state index is 0.154. The zero-order valence-electron chi connectivity index (χ0n) is 16.6. The van der Waals surface area contributed by atoms with Gasteiger partial charge in [-0.3, -0.25) is 14.3 Å². The summed E-state index contributed by atoms with van der Waals surface area (Å²) in [6, 6.07) is 11.6. The van der Waals surface area contributed by atoms with E-state index in [1.807, 2.05) is 36.4 Å². The molecular weight excluding hydrogens is 430 g/mol. The van der Waals surface area contributed by atoms with Crippen LogP contribution in [0.1, 0.15) is 23.2 Å². The van der Waals surface area contributed by atoms with Crippen LogP contribution in [0.4, 0.5) is 5.13 Å². The van der Waals surface area contributed by atoms with Crippen LogP contribution >= 0.6 is 23.1 Å². The number of carbonyl (C=O) groups excluding carboxylic acids is 1. The molecule has 1 aromatic carbocycles. The molecule has 9 heteroatoms.